The molecule has 0 saturated heterocycles. The first-order valence-corrected chi connectivity index (χ1v) is 8.59. The number of rotatable bonds is 4. The monoisotopic (exact) mass is 306 g/mol. The number of fused-ring (bicyclic) bond motifs is 2. The normalized spacial score (nSPS) is 25.7. The van der Waals surface area contributed by atoms with Crippen molar-refractivity contribution in [2.75, 3.05) is 0 Å². The molecule has 0 aliphatic heterocycles. The van der Waals surface area contributed by atoms with Gasteiger partial charge in [-0.05, 0) is 59.3 Å². The number of aliphatic hydroxyl groups is 1. The molecule has 2 aliphatic carbocycles. The van der Waals surface area contributed by atoms with E-state index >= 15 is 0 Å². The Bertz CT molecular complexity index is 734. The Balaban J connectivity index is 1.89. The maximum atomic E-state index is 11.7. The van der Waals surface area contributed by atoms with E-state index in [1.807, 2.05) is 30.3 Å². The third kappa shape index (κ3) is 2.42. The lowest BCUT2D eigenvalue weighted by Crippen LogP contribution is -2.12. The highest BCUT2D eigenvalue weighted by molar-refractivity contribution is 5.84. The summed E-state index contributed by atoms with van der Waals surface area (Å²) in [5.41, 5.74) is 5.18. The number of aliphatic hydroxyl groups excluding tert-OH is 1. The molecule has 0 amide bonds. The highest BCUT2D eigenvalue weighted by atomic mass is 16.3. The van der Waals surface area contributed by atoms with Gasteiger partial charge in [-0.15, -0.1) is 0 Å². The second kappa shape index (κ2) is 5.93. The van der Waals surface area contributed by atoms with Gasteiger partial charge in [0, 0.05) is 5.56 Å². The van der Waals surface area contributed by atoms with Gasteiger partial charge >= 0.3 is 0 Å². The smallest absolute Gasteiger partial charge is 0.150 e. The molecular weight excluding hydrogens is 284 g/mol. The fourth-order valence-electron chi connectivity index (χ4n) is 4.85. The second-order valence-corrected chi connectivity index (χ2v) is 7.02. The van der Waals surface area contributed by atoms with Crippen molar-refractivity contribution in [2.24, 2.45) is 11.8 Å². The number of carbonyl (C=O) groups is 1. The Morgan fingerprint density at radius 3 is 2.52 bits per heavy atom. The molecule has 2 fully saturated rings. The first-order valence-electron chi connectivity index (χ1n) is 8.59. The predicted octanol–water partition coefficient (Wildman–Crippen LogP) is 4.56. The predicted molar refractivity (Wildman–Crippen MR) is 91.4 cm³/mol. The van der Waals surface area contributed by atoms with Crippen LogP contribution >= 0.6 is 0 Å². The van der Waals surface area contributed by atoms with Gasteiger partial charge < -0.3 is 5.11 Å². The average molecular weight is 306 g/mol. The van der Waals surface area contributed by atoms with Crippen molar-refractivity contribution in [1.29, 1.82) is 0 Å². The summed E-state index contributed by atoms with van der Waals surface area (Å²) in [7, 11) is 0. The number of hydrogen-bond donors (Lipinski definition) is 1. The molecule has 1 N–H and O–H groups in total. The molecule has 118 valence electrons. The molecule has 2 aliphatic rings. The van der Waals surface area contributed by atoms with Gasteiger partial charge in [-0.1, -0.05) is 48.9 Å². The third-order valence-electron chi connectivity index (χ3n) is 5.85. The molecule has 0 aromatic heterocycles. The molecule has 2 nitrogen and oxygen atoms in total. The summed E-state index contributed by atoms with van der Waals surface area (Å²) in [5.74, 6) is 2.06. The van der Waals surface area contributed by atoms with E-state index in [1.165, 1.54) is 31.2 Å². The second-order valence-electron chi connectivity index (χ2n) is 7.02. The van der Waals surface area contributed by atoms with E-state index in [9.17, 15) is 9.90 Å². The van der Waals surface area contributed by atoms with Crippen LogP contribution in [0.2, 0.25) is 0 Å². The first kappa shape index (κ1) is 14.6. The van der Waals surface area contributed by atoms with Gasteiger partial charge in [0.25, 0.3) is 0 Å². The van der Waals surface area contributed by atoms with Crippen LogP contribution in [-0.2, 0) is 6.61 Å². The highest BCUT2D eigenvalue weighted by Gasteiger charge is 2.41. The standard InChI is InChI=1S/C21H22O2/c22-12-16-4-1-2-6-18(16)19-7-3-5-17(13-23)21(19)20-11-14-8-9-15(20)10-14/h1-7,13-15,20,22H,8-12H2. The average Bonchev–Trinajstić information content (AvgIpc) is 3.24. The van der Waals surface area contributed by atoms with E-state index in [4.69, 9.17) is 0 Å². The first-order chi connectivity index (χ1) is 11.3. The van der Waals surface area contributed by atoms with Crippen LogP contribution in [0, 0.1) is 11.8 Å². The largest absolute Gasteiger partial charge is 0.392 e. The zero-order valence-electron chi connectivity index (χ0n) is 13.2. The maximum Gasteiger partial charge on any atom is 0.150 e. The van der Waals surface area contributed by atoms with Crippen molar-refractivity contribution in [3.8, 4) is 11.1 Å². The Morgan fingerprint density at radius 1 is 1.00 bits per heavy atom. The zero-order valence-corrected chi connectivity index (χ0v) is 13.2. The van der Waals surface area contributed by atoms with Gasteiger partial charge in [-0.2, -0.15) is 0 Å². The van der Waals surface area contributed by atoms with Crippen molar-refractivity contribution in [3.05, 3.63) is 59.2 Å². The molecule has 2 saturated carbocycles. The lowest BCUT2D eigenvalue weighted by Gasteiger charge is -2.26. The summed E-state index contributed by atoms with van der Waals surface area (Å²) < 4.78 is 0. The molecule has 0 spiro atoms. The molecule has 2 aromatic rings. The molecule has 3 unspecified atom stereocenters. The van der Waals surface area contributed by atoms with Crippen LogP contribution in [0.15, 0.2) is 42.5 Å². The van der Waals surface area contributed by atoms with E-state index in [0.717, 1.165) is 40.4 Å². The van der Waals surface area contributed by atoms with E-state index in [0.29, 0.717) is 5.92 Å². The lowest BCUT2D eigenvalue weighted by atomic mass is 9.77. The fourth-order valence-corrected chi connectivity index (χ4v) is 4.85. The van der Waals surface area contributed by atoms with E-state index in [-0.39, 0.29) is 6.61 Å². The molecule has 2 heteroatoms. The summed E-state index contributed by atoms with van der Waals surface area (Å²) in [4.78, 5) is 11.7. The van der Waals surface area contributed by atoms with Crippen molar-refractivity contribution in [2.45, 2.75) is 38.2 Å². The van der Waals surface area contributed by atoms with Crippen LogP contribution in [0.4, 0.5) is 0 Å². The zero-order chi connectivity index (χ0) is 15.8. The van der Waals surface area contributed by atoms with E-state index in [2.05, 4.69) is 12.1 Å². The lowest BCUT2D eigenvalue weighted by molar-refractivity contribution is 0.112. The van der Waals surface area contributed by atoms with Crippen LogP contribution in [0.25, 0.3) is 11.1 Å². The third-order valence-corrected chi connectivity index (χ3v) is 5.85. The van der Waals surface area contributed by atoms with Gasteiger partial charge in [-0.3, -0.25) is 4.79 Å². The van der Waals surface area contributed by atoms with Gasteiger partial charge in [0.15, 0.2) is 0 Å². The number of aldehydes is 1. The van der Waals surface area contributed by atoms with Crippen LogP contribution in [0.3, 0.4) is 0 Å². The highest BCUT2D eigenvalue weighted by Crippen LogP contribution is 2.55. The molecule has 23 heavy (non-hydrogen) atoms. The minimum absolute atomic E-state index is 0.0254. The van der Waals surface area contributed by atoms with Gasteiger partial charge in [-0.25, -0.2) is 0 Å². The Hall–Kier alpha value is -1.93. The van der Waals surface area contributed by atoms with Gasteiger partial charge in [0.1, 0.15) is 6.29 Å². The van der Waals surface area contributed by atoms with E-state index < -0.39 is 0 Å². The van der Waals surface area contributed by atoms with Crippen molar-refractivity contribution in [1.82, 2.24) is 0 Å². The Morgan fingerprint density at radius 2 is 1.83 bits per heavy atom. The van der Waals surface area contributed by atoms with Gasteiger partial charge in [0.05, 0.1) is 6.61 Å². The molecule has 2 aromatic carbocycles. The van der Waals surface area contributed by atoms with Crippen LogP contribution in [0.1, 0.15) is 53.1 Å². The van der Waals surface area contributed by atoms with Gasteiger partial charge in [0.2, 0.25) is 0 Å². The molecule has 4 rings (SSSR count). The minimum atomic E-state index is 0.0254. The summed E-state index contributed by atoms with van der Waals surface area (Å²) in [6, 6.07) is 14.0. The van der Waals surface area contributed by atoms with Crippen molar-refractivity contribution >= 4 is 6.29 Å². The molecule has 0 heterocycles. The van der Waals surface area contributed by atoms with Crippen molar-refractivity contribution in [3.63, 3.8) is 0 Å². The quantitative estimate of drug-likeness (QED) is 0.841. The summed E-state index contributed by atoms with van der Waals surface area (Å²) in [5, 5.41) is 9.70. The molecule has 3 atom stereocenters. The summed E-state index contributed by atoms with van der Waals surface area (Å²) in [6.07, 6.45) is 6.19. The SMILES string of the molecule is O=Cc1cccc(-c2ccccc2CO)c1C1CC2CCC1C2. The molecular formula is C21H22O2. The van der Waals surface area contributed by atoms with Crippen LogP contribution in [0.5, 0.6) is 0 Å². The minimum Gasteiger partial charge on any atom is -0.392 e. The maximum absolute atomic E-state index is 11.7. The van der Waals surface area contributed by atoms with Crippen LogP contribution < -0.4 is 0 Å². The summed E-state index contributed by atoms with van der Waals surface area (Å²) >= 11 is 0. The fraction of sp³-hybridized carbons (Fsp3) is 0.381. The topological polar surface area (TPSA) is 37.3 Å². The number of benzene rings is 2. The Kier molecular flexibility index (Phi) is 3.78. The Labute approximate surface area is 137 Å². The number of carbonyl (C=O) groups excluding carboxylic acids is 1. The van der Waals surface area contributed by atoms with Crippen LogP contribution in [-0.4, -0.2) is 11.4 Å². The summed E-state index contributed by atoms with van der Waals surface area (Å²) in [6.45, 7) is 0.0254. The molecule has 2 bridgehead atoms. The number of hydrogen-bond acceptors (Lipinski definition) is 2. The molecule has 0 radical (unpaired) electrons. The van der Waals surface area contributed by atoms with E-state index in [1.54, 1.807) is 0 Å². The van der Waals surface area contributed by atoms with Crippen molar-refractivity contribution < 1.29 is 9.90 Å².